The maximum atomic E-state index is 12.5. The molecule has 1 atom stereocenters. The first kappa shape index (κ1) is 23.6. The van der Waals surface area contributed by atoms with Crippen molar-refractivity contribution in [3.05, 3.63) is 34.4 Å². The Balaban J connectivity index is 1.60. The number of hydrogen-bond donors (Lipinski definition) is 4. The molecule has 2 aromatic heterocycles. The summed E-state index contributed by atoms with van der Waals surface area (Å²) in [5.74, 6) is -0.518. The summed E-state index contributed by atoms with van der Waals surface area (Å²) in [6.07, 6.45) is 3.76. The van der Waals surface area contributed by atoms with Crippen molar-refractivity contribution in [2.24, 2.45) is 10.7 Å². The highest BCUT2D eigenvalue weighted by molar-refractivity contribution is 8.24. The number of amides is 1. The van der Waals surface area contributed by atoms with E-state index in [9.17, 15) is 22.7 Å². The summed E-state index contributed by atoms with van der Waals surface area (Å²) in [5, 5.41) is 4.72. The van der Waals surface area contributed by atoms with E-state index < -0.39 is 33.6 Å². The zero-order valence-electron chi connectivity index (χ0n) is 17.9. The number of pyridine rings is 1. The SMILES string of the molecule is CN1C(N)=N[C@](C)(c2nc(NC(=O)c3ccc(OC(F)F)cn3)cs2)C2(CCCC2)S1(O)O. The summed E-state index contributed by atoms with van der Waals surface area (Å²) in [5.41, 5.74) is 4.93. The van der Waals surface area contributed by atoms with Gasteiger partial charge in [0, 0.05) is 12.4 Å². The number of thiazole rings is 1. The number of guanidine groups is 1. The molecule has 1 saturated carbocycles. The Kier molecular flexibility index (Phi) is 5.97. The molecule has 0 radical (unpaired) electrons. The number of nitrogens with two attached hydrogens (primary N) is 1. The van der Waals surface area contributed by atoms with Gasteiger partial charge in [-0.1, -0.05) is 12.8 Å². The third-order valence-corrected chi connectivity index (χ3v) is 10.1. The summed E-state index contributed by atoms with van der Waals surface area (Å²) in [6, 6.07) is 2.47. The molecule has 1 amide bonds. The van der Waals surface area contributed by atoms with Gasteiger partial charge in [-0.2, -0.15) is 8.78 Å². The third-order valence-electron chi connectivity index (χ3n) is 6.22. The molecule has 33 heavy (non-hydrogen) atoms. The van der Waals surface area contributed by atoms with E-state index in [0.717, 1.165) is 19.0 Å². The number of nitrogens with zero attached hydrogens (tertiary/aromatic N) is 4. The van der Waals surface area contributed by atoms with Crippen molar-refractivity contribution in [2.45, 2.75) is 49.5 Å². The van der Waals surface area contributed by atoms with Gasteiger partial charge < -0.3 is 15.8 Å². The minimum atomic E-state index is -3.29. The zero-order valence-corrected chi connectivity index (χ0v) is 19.5. The van der Waals surface area contributed by atoms with Gasteiger partial charge >= 0.3 is 6.61 Å². The maximum absolute atomic E-state index is 12.5. The molecule has 5 N–H and O–H groups in total. The number of nitrogens with one attached hydrogen (secondary N) is 1. The molecule has 2 aromatic rings. The number of aromatic nitrogens is 2. The fourth-order valence-electron chi connectivity index (χ4n) is 4.43. The quantitative estimate of drug-likeness (QED) is 0.482. The van der Waals surface area contributed by atoms with Crippen LogP contribution in [0.5, 0.6) is 5.75 Å². The van der Waals surface area contributed by atoms with Crippen molar-refractivity contribution in [3.63, 3.8) is 0 Å². The number of aliphatic imine (C=N–C) groups is 1. The van der Waals surface area contributed by atoms with Crippen LogP contribution in [0.3, 0.4) is 0 Å². The van der Waals surface area contributed by atoms with Crippen LogP contribution in [-0.2, 0) is 5.54 Å². The largest absolute Gasteiger partial charge is 0.433 e. The van der Waals surface area contributed by atoms with Crippen LogP contribution in [0.4, 0.5) is 14.6 Å². The van der Waals surface area contributed by atoms with Crippen LogP contribution in [0, 0.1) is 0 Å². The van der Waals surface area contributed by atoms with Crippen LogP contribution in [0.2, 0.25) is 0 Å². The fraction of sp³-hybridized carbons (Fsp3) is 0.474. The number of carbonyl (C=O) groups is 1. The first-order valence-corrected chi connectivity index (χ1v) is 12.4. The number of halogens is 2. The Morgan fingerprint density at radius 3 is 2.67 bits per heavy atom. The molecule has 3 heterocycles. The number of hydrogen-bond acceptors (Lipinski definition) is 10. The van der Waals surface area contributed by atoms with Crippen molar-refractivity contribution in [2.75, 3.05) is 12.4 Å². The highest BCUT2D eigenvalue weighted by Crippen LogP contribution is 2.70. The van der Waals surface area contributed by atoms with E-state index >= 15 is 0 Å². The summed E-state index contributed by atoms with van der Waals surface area (Å²) in [4.78, 5) is 25.5. The second kappa shape index (κ2) is 8.34. The molecule has 0 bridgehead atoms. The van der Waals surface area contributed by atoms with Gasteiger partial charge in [0.2, 0.25) is 5.96 Å². The molecule has 1 aliphatic carbocycles. The smallest absolute Gasteiger partial charge is 0.387 e. The predicted octanol–water partition coefficient (Wildman–Crippen LogP) is 3.85. The van der Waals surface area contributed by atoms with Gasteiger partial charge in [-0.05, 0) is 31.9 Å². The van der Waals surface area contributed by atoms with Gasteiger partial charge in [-0.25, -0.2) is 19.3 Å². The van der Waals surface area contributed by atoms with Crippen LogP contribution >= 0.6 is 22.1 Å². The van der Waals surface area contributed by atoms with Gasteiger partial charge in [-0.3, -0.25) is 13.9 Å². The number of carbonyl (C=O) groups excluding carboxylic acids is 1. The Labute approximate surface area is 194 Å². The van der Waals surface area contributed by atoms with Crippen LogP contribution < -0.4 is 15.8 Å². The van der Waals surface area contributed by atoms with Gasteiger partial charge in [0.05, 0.1) is 6.20 Å². The second-order valence-electron chi connectivity index (χ2n) is 8.01. The molecular formula is C19H24F2N6O4S2. The van der Waals surface area contributed by atoms with Crippen LogP contribution in [0.1, 0.15) is 48.1 Å². The van der Waals surface area contributed by atoms with E-state index in [2.05, 4.69) is 25.0 Å². The third kappa shape index (κ3) is 3.80. The molecular weight excluding hydrogens is 478 g/mol. The first-order valence-electron chi connectivity index (χ1n) is 10.1. The van der Waals surface area contributed by atoms with Gasteiger partial charge in [0.1, 0.15) is 32.6 Å². The Morgan fingerprint density at radius 1 is 1.36 bits per heavy atom. The average molecular weight is 503 g/mol. The van der Waals surface area contributed by atoms with E-state index in [1.54, 1.807) is 12.3 Å². The van der Waals surface area contributed by atoms with Crippen LogP contribution in [0.25, 0.3) is 0 Å². The maximum Gasteiger partial charge on any atom is 0.387 e. The molecule has 1 spiro atoms. The van der Waals surface area contributed by atoms with Crippen molar-refractivity contribution in [3.8, 4) is 5.75 Å². The van der Waals surface area contributed by atoms with Crippen molar-refractivity contribution in [1.82, 2.24) is 14.3 Å². The van der Waals surface area contributed by atoms with E-state index in [4.69, 9.17) is 5.73 Å². The summed E-state index contributed by atoms with van der Waals surface area (Å²) in [7, 11) is -1.77. The number of rotatable bonds is 5. The average Bonchev–Trinajstić information content (AvgIpc) is 3.43. The molecule has 0 unspecified atom stereocenters. The van der Waals surface area contributed by atoms with Gasteiger partial charge in [0.15, 0.2) is 0 Å². The van der Waals surface area contributed by atoms with Crippen molar-refractivity contribution in [1.29, 1.82) is 0 Å². The van der Waals surface area contributed by atoms with E-state index in [0.29, 0.717) is 17.8 Å². The van der Waals surface area contributed by atoms with Crippen molar-refractivity contribution >= 4 is 39.8 Å². The highest BCUT2D eigenvalue weighted by atomic mass is 32.3. The monoisotopic (exact) mass is 502 g/mol. The Morgan fingerprint density at radius 2 is 2.06 bits per heavy atom. The summed E-state index contributed by atoms with van der Waals surface area (Å²) >= 11 is 1.23. The normalized spacial score (nSPS) is 24.6. The van der Waals surface area contributed by atoms with E-state index in [1.807, 2.05) is 0 Å². The highest BCUT2D eigenvalue weighted by Gasteiger charge is 2.64. The molecule has 1 fully saturated rings. The van der Waals surface area contributed by atoms with E-state index in [1.165, 1.54) is 34.8 Å². The van der Waals surface area contributed by atoms with Crippen molar-refractivity contribution < 1.29 is 27.4 Å². The van der Waals surface area contributed by atoms with E-state index in [-0.39, 0.29) is 23.2 Å². The van der Waals surface area contributed by atoms with Gasteiger partial charge in [-0.15, -0.1) is 22.1 Å². The summed E-state index contributed by atoms with van der Waals surface area (Å²) in [6.45, 7) is -1.20. The minimum Gasteiger partial charge on any atom is -0.433 e. The van der Waals surface area contributed by atoms with Gasteiger partial charge in [0.25, 0.3) is 5.91 Å². The summed E-state index contributed by atoms with van der Waals surface area (Å²) < 4.78 is 51.4. The fourth-order valence-corrected chi connectivity index (χ4v) is 7.79. The van der Waals surface area contributed by atoms with Crippen LogP contribution in [-0.4, -0.2) is 53.7 Å². The lowest BCUT2D eigenvalue weighted by Gasteiger charge is -2.61. The molecule has 4 rings (SSSR count). The van der Waals surface area contributed by atoms with Crippen LogP contribution in [0.15, 0.2) is 28.7 Å². The molecule has 0 saturated heterocycles. The lowest BCUT2D eigenvalue weighted by atomic mass is 9.84. The number of ether oxygens (including phenoxy) is 1. The number of alkyl halides is 2. The second-order valence-corrected chi connectivity index (χ2v) is 11.2. The lowest BCUT2D eigenvalue weighted by molar-refractivity contribution is -0.0500. The zero-order chi connectivity index (χ0) is 24.0. The molecule has 1 aliphatic heterocycles. The minimum absolute atomic E-state index is 0.00566. The predicted molar refractivity (Wildman–Crippen MR) is 122 cm³/mol. The molecule has 180 valence electrons. The standard InChI is InChI=1S/C19H24F2N6O4S2/c1-18(19(7-3-4-8-19)33(29,30)27(2)17(22)26-18)15-25-13(10-32-15)24-14(28)12-6-5-11(9-23-12)31-16(20)21/h5-6,9-10,16,29-30H,3-4,7-8H2,1-2H3,(H2,22,26)(H,24,28)/t18-/m1/s1. The topological polar surface area (TPSA) is 146 Å². The molecule has 0 aromatic carbocycles. The number of anilines is 1. The lowest BCUT2D eigenvalue weighted by Crippen LogP contribution is -2.60. The first-order chi connectivity index (χ1) is 15.5. The molecule has 14 heteroatoms. The molecule has 10 nitrogen and oxygen atoms in total. The Bertz CT molecular complexity index is 1070. The Hall–Kier alpha value is -2.55. The molecule has 2 aliphatic rings.